The Balaban J connectivity index is 1.51. The first kappa shape index (κ1) is 18.5. The number of piperidine rings is 1. The molecule has 1 aliphatic heterocycles. The van der Waals surface area contributed by atoms with Gasteiger partial charge in [-0.05, 0) is 68.7 Å². The molecular formula is C19H29ClN4O. The Hall–Kier alpha value is -1.33. The van der Waals surface area contributed by atoms with Crippen LogP contribution in [0, 0.1) is 11.3 Å². The molecule has 2 aliphatic rings. The van der Waals surface area contributed by atoms with E-state index in [1.165, 1.54) is 50.1 Å². The van der Waals surface area contributed by atoms with Gasteiger partial charge in [-0.15, -0.1) is 0 Å². The van der Waals surface area contributed by atoms with Gasteiger partial charge in [0.2, 0.25) is 0 Å². The van der Waals surface area contributed by atoms with Crippen molar-refractivity contribution in [3.8, 4) is 0 Å². The predicted molar refractivity (Wildman–Crippen MR) is 102 cm³/mol. The molecule has 0 atom stereocenters. The molecule has 2 fully saturated rings. The molecule has 0 unspecified atom stereocenters. The van der Waals surface area contributed by atoms with Gasteiger partial charge in [0.15, 0.2) is 0 Å². The van der Waals surface area contributed by atoms with E-state index in [4.69, 9.17) is 11.6 Å². The molecule has 1 aromatic rings. The van der Waals surface area contributed by atoms with Crippen molar-refractivity contribution in [1.82, 2.24) is 15.2 Å². The molecule has 3 rings (SSSR count). The van der Waals surface area contributed by atoms with Crippen molar-refractivity contribution in [2.24, 2.45) is 11.3 Å². The molecule has 1 spiro atoms. The van der Waals surface area contributed by atoms with Crippen LogP contribution in [0.1, 0.15) is 42.5 Å². The molecule has 1 saturated carbocycles. The van der Waals surface area contributed by atoms with Crippen LogP contribution in [-0.2, 0) is 0 Å². The van der Waals surface area contributed by atoms with Gasteiger partial charge in [-0.2, -0.15) is 0 Å². The van der Waals surface area contributed by atoms with Gasteiger partial charge in [0.1, 0.15) is 11.0 Å². The van der Waals surface area contributed by atoms with Crippen LogP contribution >= 0.6 is 11.6 Å². The number of amides is 1. The van der Waals surface area contributed by atoms with E-state index in [0.29, 0.717) is 11.0 Å². The van der Waals surface area contributed by atoms with E-state index in [-0.39, 0.29) is 11.1 Å². The third-order valence-corrected chi connectivity index (χ3v) is 6.13. The summed E-state index contributed by atoms with van der Waals surface area (Å²) < 4.78 is 0. The second-order valence-corrected chi connectivity index (χ2v) is 8.30. The fourth-order valence-electron chi connectivity index (χ4n) is 4.26. The predicted octanol–water partition coefficient (Wildman–Crippen LogP) is 3.04. The van der Waals surface area contributed by atoms with Gasteiger partial charge < -0.3 is 15.1 Å². The summed E-state index contributed by atoms with van der Waals surface area (Å²) in [4.78, 5) is 20.1. The molecule has 1 N–H and O–H groups in total. The van der Waals surface area contributed by atoms with Crippen LogP contribution in [0.2, 0.25) is 5.15 Å². The molecular weight excluding hydrogens is 336 g/mol. The summed E-state index contributed by atoms with van der Waals surface area (Å²) in [6.45, 7) is 3.35. The third kappa shape index (κ3) is 4.09. The number of halogens is 1. The van der Waals surface area contributed by atoms with Crippen molar-refractivity contribution in [3.63, 3.8) is 0 Å². The van der Waals surface area contributed by atoms with Crippen molar-refractivity contribution in [1.29, 1.82) is 0 Å². The van der Waals surface area contributed by atoms with Gasteiger partial charge in [0.05, 0.1) is 5.56 Å². The highest BCUT2D eigenvalue weighted by Crippen LogP contribution is 2.52. The molecule has 1 aliphatic carbocycles. The number of pyridine rings is 1. The molecule has 2 heterocycles. The molecule has 0 aromatic carbocycles. The molecule has 0 bridgehead atoms. The highest BCUT2D eigenvalue weighted by molar-refractivity contribution is 6.32. The number of aromatic nitrogens is 1. The number of carbonyl (C=O) groups excluding carboxylic acids is 1. The zero-order chi connectivity index (χ0) is 18.0. The lowest BCUT2D eigenvalue weighted by Crippen LogP contribution is -2.46. The third-order valence-electron chi connectivity index (χ3n) is 5.84. The highest BCUT2D eigenvalue weighted by Gasteiger charge is 2.43. The molecule has 1 aromatic heterocycles. The van der Waals surface area contributed by atoms with E-state index in [0.717, 1.165) is 18.3 Å². The SMILES string of the molecule is CN(C)C(=O)c1ccc(N(C)CCC2CC3(CCNCC3)C2)nc1Cl. The number of nitrogens with one attached hydrogen (secondary N) is 1. The second kappa shape index (κ2) is 7.50. The van der Waals surface area contributed by atoms with E-state index >= 15 is 0 Å². The van der Waals surface area contributed by atoms with Gasteiger partial charge in [-0.1, -0.05) is 11.6 Å². The maximum absolute atomic E-state index is 12.0. The van der Waals surface area contributed by atoms with Crippen molar-refractivity contribution >= 4 is 23.3 Å². The first-order valence-corrected chi connectivity index (χ1v) is 9.58. The topological polar surface area (TPSA) is 48.5 Å². The van der Waals surface area contributed by atoms with Gasteiger partial charge in [0.25, 0.3) is 5.91 Å². The second-order valence-electron chi connectivity index (χ2n) is 7.94. The Morgan fingerprint density at radius 1 is 1.28 bits per heavy atom. The van der Waals surface area contributed by atoms with Crippen molar-refractivity contribution < 1.29 is 4.79 Å². The summed E-state index contributed by atoms with van der Waals surface area (Å²) in [6, 6.07) is 3.66. The summed E-state index contributed by atoms with van der Waals surface area (Å²) >= 11 is 6.22. The molecule has 1 amide bonds. The molecule has 1 saturated heterocycles. The summed E-state index contributed by atoms with van der Waals surface area (Å²) in [6.07, 6.45) is 6.65. The molecule has 6 heteroatoms. The highest BCUT2D eigenvalue weighted by atomic mass is 35.5. The lowest BCUT2D eigenvalue weighted by atomic mass is 9.57. The minimum atomic E-state index is -0.117. The average molecular weight is 365 g/mol. The number of anilines is 1. The lowest BCUT2D eigenvalue weighted by Gasteiger charge is -2.51. The maximum atomic E-state index is 12.0. The number of hydrogen-bond donors (Lipinski definition) is 1. The normalized spacial score (nSPS) is 19.5. The van der Waals surface area contributed by atoms with Crippen molar-refractivity contribution in [2.75, 3.05) is 45.7 Å². The van der Waals surface area contributed by atoms with Crippen LogP contribution in [-0.4, -0.2) is 56.6 Å². The summed E-state index contributed by atoms with van der Waals surface area (Å²) in [5, 5.41) is 3.74. The smallest absolute Gasteiger partial charge is 0.256 e. The van der Waals surface area contributed by atoms with E-state index in [2.05, 4.69) is 15.2 Å². The Kier molecular flexibility index (Phi) is 5.54. The summed E-state index contributed by atoms with van der Waals surface area (Å²) in [5.74, 6) is 1.55. The van der Waals surface area contributed by atoms with Gasteiger partial charge >= 0.3 is 0 Å². The number of carbonyl (C=O) groups is 1. The van der Waals surface area contributed by atoms with Crippen molar-refractivity contribution in [3.05, 3.63) is 22.8 Å². The number of rotatable bonds is 5. The van der Waals surface area contributed by atoms with Gasteiger partial charge in [-0.3, -0.25) is 4.79 Å². The molecule has 5 nitrogen and oxygen atoms in total. The molecule has 25 heavy (non-hydrogen) atoms. The zero-order valence-electron chi connectivity index (χ0n) is 15.5. The van der Waals surface area contributed by atoms with Crippen LogP contribution in [0.25, 0.3) is 0 Å². The number of nitrogens with zero attached hydrogens (tertiary/aromatic N) is 3. The molecule has 0 radical (unpaired) electrons. The lowest BCUT2D eigenvalue weighted by molar-refractivity contribution is 0.0187. The minimum Gasteiger partial charge on any atom is -0.360 e. The van der Waals surface area contributed by atoms with E-state index < -0.39 is 0 Å². The van der Waals surface area contributed by atoms with E-state index in [1.54, 1.807) is 20.2 Å². The van der Waals surface area contributed by atoms with Crippen LogP contribution < -0.4 is 10.2 Å². The van der Waals surface area contributed by atoms with E-state index in [9.17, 15) is 4.79 Å². The minimum absolute atomic E-state index is 0.117. The Morgan fingerprint density at radius 3 is 2.56 bits per heavy atom. The van der Waals surface area contributed by atoms with Crippen LogP contribution in [0.15, 0.2) is 12.1 Å². The van der Waals surface area contributed by atoms with Crippen LogP contribution in [0.3, 0.4) is 0 Å². The first-order valence-electron chi connectivity index (χ1n) is 9.20. The standard InChI is InChI=1S/C19H29ClN4O/c1-23(2)18(25)15-4-5-16(22-17(15)20)24(3)11-6-14-12-19(13-14)7-9-21-10-8-19/h4-5,14,21H,6-13H2,1-3H3. The number of hydrogen-bond acceptors (Lipinski definition) is 4. The Morgan fingerprint density at radius 2 is 1.96 bits per heavy atom. The monoisotopic (exact) mass is 364 g/mol. The average Bonchev–Trinajstić information content (AvgIpc) is 2.57. The van der Waals surface area contributed by atoms with Crippen molar-refractivity contribution in [2.45, 2.75) is 32.1 Å². The fourth-order valence-corrected chi connectivity index (χ4v) is 4.49. The molecule has 138 valence electrons. The zero-order valence-corrected chi connectivity index (χ0v) is 16.3. The Bertz CT molecular complexity index is 620. The van der Waals surface area contributed by atoms with Crippen LogP contribution in [0.4, 0.5) is 5.82 Å². The van der Waals surface area contributed by atoms with Crippen LogP contribution in [0.5, 0.6) is 0 Å². The quantitative estimate of drug-likeness (QED) is 0.816. The summed E-state index contributed by atoms with van der Waals surface area (Å²) in [7, 11) is 5.48. The summed E-state index contributed by atoms with van der Waals surface area (Å²) in [5.41, 5.74) is 1.10. The first-order chi connectivity index (χ1) is 11.9. The Labute approximate surface area is 155 Å². The van der Waals surface area contributed by atoms with Gasteiger partial charge in [0, 0.05) is 27.7 Å². The fraction of sp³-hybridized carbons (Fsp3) is 0.684. The largest absolute Gasteiger partial charge is 0.360 e. The van der Waals surface area contributed by atoms with E-state index in [1.807, 2.05) is 13.1 Å². The van der Waals surface area contributed by atoms with Gasteiger partial charge in [-0.25, -0.2) is 4.98 Å². The maximum Gasteiger partial charge on any atom is 0.256 e.